The molecule has 0 unspecified atom stereocenters. The first-order valence-electron chi connectivity index (χ1n) is 10.5. The summed E-state index contributed by atoms with van der Waals surface area (Å²) >= 11 is 6.17. The SMILES string of the molecule is O=C(c1ccccc1Cl)N1CCC(C(=O)N2CCC(c3ccccc3)CC2)CC1. The van der Waals surface area contributed by atoms with Crippen molar-refractivity contribution in [2.45, 2.75) is 31.6 Å². The lowest BCUT2D eigenvalue weighted by molar-refractivity contribution is -0.138. The van der Waals surface area contributed by atoms with Gasteiger partial charge < -0.3 is 9.80 Å². The highest BCUT2D eigenvalue weighted by Crippen LogP contribution is 2.30. The van der Waals surface area contributed by atoms with Gasteiger partial charge in [0.1, 0.15) is 0 Å². The van der Waals surface area contributed by atoms with Crippen molar-refractivity contribution in [2.75, 3.05) is 26.2 Å². The quantitative estimate of drug-likeness (QED) is 0.742. The molecular formula is C24H27ClN2O2. The monoisotopic (exact) mass is 410 g/mol. The van der Waals surface area contributed by atoms with Gasteiger partial charge in [0.15, 0.2) is 0 Å². The van der Waals surface area contributed by atoms with Gasteiger partial charge in [0, 0.05) is 32.1 Å². The van der Waals surface area contributed by atoms with Gasteiger partial charge >= 0.3 is 0 Å². The van der Waals surface area contributed by atoms with Gasteiger partial charge in [-0.3, -0.25) is 9.59 Å². The summed E-state index contributed by atoms with van der Waals surface area (Å²) in [6, 6.07) is 17.8. The van der Waals surface area contributed by atoms with Crippen molar-refractivity contribution < 1.29 is 9.59 Å². The van der Waals surface area contributed by atoms with Crippen LogP contribution in [-0.4, -0.2) is 47.8 Å². The maximum Gasteiger partial charge on any atom is 0.255 e. The van der Waals surface area contributed by atoms with Crippen molar-refractivity contribution in [3.05, 3.63) is 70.7 Å². The fourth-order valence-electron chi connectivity index (χ4n) is 4.55. The molecule has 5 heteroatoms. The molecule has 2 saturated heterocycles. The smallest absolute Gasteiger partial charge is 0.255 e. The highest BCUT2D eigenvalue weighted by atomic mass is 35.5. The van der Waals surface area contributed by atoms with Gasteiger partial charge in [-0.1, -0.05) is 54.1 Å². The lowest BCUT2D eigenvalue weighted by atomic mass is 9.88. The van der Waals surface area contributed by atoms with E-state index in [1.165, 1.54) is 5.56 Å². The number of piperidine rings is 2. The van der Waals surface area contributed by atoms with E-state index in [9.17, 15) is 9.59 Å². The summed E-state index contributed by atoms with van der Waals surface area (Å²) in [5, 5.41) is 0.483. The Bertz CT molecular complexity index is 854. The van der Waals surface area contributed by atoms with Crippen molar-refractivity contribution in [3.8, 4) is 0 Å². The second-order valence-electron chi connectivity index (χ2n) is 8.06. The Balaban J connectivity index is 1.28. The Morgan fingerprint density at radius 1 is 0.759 bits per heavy atom. The number of likely N-dealkylation sites (tertiary alicyclic amines) is 2. The van der Waals surface area contributed by atoms with E-state index < -0.39 is 0 Å². The van der Waals surface area contributed by atoms with E-state index >= 15 is 0 Å². The Morgan fingerprint density at radius 2 is 1.34 bits per heavy atom. The molecule has 2 aromatic carbocycles. The number of carbonyl (C=O) groups is 2. The summed E-state index contributed by atoms with van der Waals surface area (Å²) in [5.74, 6) is 0.806. The van der Waals surface area contributed by atoms with Crippen LogP contribution in [-0.2, 0) is 4.79 Å². The minimum atomic E-state index is -0.0369. The van der Waals surface area contributed by atoms with E-state index in [2.05, 4.69) is 24.3 Å². The van der Waals surface area contributed by atoms with Gasteiger partial charge in [0.25, 0.3) is 5.91 Å². The Labute approximate surface area is 177 Å². The van der Waals surface area contributed by atoms with E-state index in [1.807, 2.05) is 28.0 Å². The van der Waals surface area contributed by atoms with Crippen LogP contribution >= 0.6 is 11.6 Å². The van der Waals surface area contributed by atoms with Gasteiger partial charge in [-0.15, -0.1) is 0 Å². The Morgan fingerprint density at radius 3 is 2.00 bits per heavy atom. The summed E-state index contributed by atoms with van der Waals surface area (Å²) in [5.41, 5.74) is 1.92. The fraction of sp³-hybridized carbons (Fsp3) is 0.417. The molecule has 4 nitrogen and oxygen atoms in total. The number of rotatable bonds is 3. The van der Waals surface area contributed by atoms with Crippen LogP contribution in [0.25, 0.3) is 0 Å². The number of amides is 2. The number of nitrogens with zero attached hydrogens (tertiary/aromatic N) is 2. The van der Waals surface area contributed by atoms with E-state index in [-0.39, 0.29) is 17.7 Å². The maximum absolute atomic E-state index is 13.0. The number of carbonyl (C=O) groups excluding carboxylic acids is 2. The van der Waals surface area contributed by atoms with Crippen molar-refractivity contribution in [1.29, 1.82) is 0 Å². The minimum absolute atomic E-state index is 0.0265. The first-order valence-corrected chi connectivity index (χ1v) is 10.9. The molecule has 0 atom stereocenters. The number of hydrogen-bond acceptors (Lipinski definition) is 2. The number of halogens is 1. The lowest BCUT2D eigenvalue weighted by Gasteiger charge is -2.37. The summed E-state index contributed by atoms with van der Waals surface area (Å²) in [7, 11) is 0. The summed E-state index contributed by atoms with van der Waals surface area (Å²) in [6.07, 6.45) is 3.51. The third-order valence-electron chi connectivity index (χ3n) is 6.31. The molecule has 29 heavy (non-hydrogen) atoms. The highest BCUT2D eigenvalue weighted by molar-refractivity contribution is 6.33. The normalized spacial score (nSPS) is 18.7. The van der Waals surface area contributed by atoms with Gasteiger partial charge in [0.2, 0.25) is 5.91 Å². The molecule has 0 aromatic heterocycles. The molecule has 2 heterocycles. The van der Waals surface area contributed by atoms with Crippen molar-refractivity contribution in [2.24, 2.45) is 5.92 Å². The predicted octanol–water partition coefficient (Wildman–Crippen LogP) is 4.60. The van der Waals surface area contributed by atoms with Crippen LogP contribution in [0.4, 0.5) is 0 Å². The van der Waals surface area contributed by atoms with Gasteiger partial charge in [-0.05, 0) is 49.3 Å². The summed E-state index contributed by atoms with van der Waals surface area (Å²) in [6.45, 7) is 2.89. The van der Waals surface area contributed by atoms with Gasteiger partial charge in [-0.2, -0.15) is 0 Å². The van der Waals surface area contributed by atoms with Crippen LogP contribution in [0.15, 0.2) is 54.6 Å². The zero-order valence-corrected chi connectivity index (χ0v) is 17.4. The second-order valence-corrected chi connectivity index (χ2v) is 8.46. The zero-order chi connectivity index (χ0) is 20.2. The fourth-order valence-corrected chi connectivity index (χ4v) is 4.77. The predicted molar refractivity (Wildman–Crippen MR) is 115 cm³/mol. The molecule has 152 valence electrons. The van der Waals surface area contributed by atoms with Crippen LogP contribution in [0.3, 0.4) is 0 Å². The molecular weight excluding hydrogens is 384 g/mol. The van der Waals surface area contributed by atoms with Gasteiger partial charge in [0.05, 0.1) is 10.6 Å². The standard InChI is InChI=1S/C24H27ClN2O2/c25-22-9-5-4-8-21(22)24(29)27-16-12-20(13-17-27)23(28)26-14-10-19(11-15-26)18-6-2-1-3-7-18/h1-9,19-20H,10-17H2. The summed E-state index contributed by atoms with van der Waals surface area (Å²) < 4.78 is 0. The minimum Gasteiger partial charge on any atom is -0.342 e. The lowest BCUT2D eigenvalue weighted by Crippen LogP contribution is -2.46. The molecule has 0 bridgehead atoms. The largest absolute Gasteiger partial charge is 0.342 e. The van der Waals surface area contributed by atoms with Crippen molar-refractivity contribution in [1.82, 2.24) is 9.80 Å². The van der Waals surface area contributed by atoms with E-state index in [0.29, 0.717) is 29.6 Å². The second kappa shape index (κ2) is 9.00. The first kappa shape index (κ1) is 20.0. The molecule has 2 aromatic rings. The van der Waals surface area contributed by atoms with Crippen LogP contribution in [0.5, 0.6) is 0 Å². The molecule has 0 saturated carbocycles. The molecule has 0 spiro atoms. The maximum atomic E-state index is 13.0. The van der Waals surface area contributed by atoms with E-state index in [1.54, 1.807) is 12.1 Å². The average molecular weight is 411 g/mol. The van der Waals surface area contributed by atoms with E-state index in [4.69, 9.17) is 11.6 Å². The topological polar surface area (TPSA) is 40.6 Å². The Hall–Kier alpha value is -2.33. The number of benzene rings is 2. The average Bonchev–Trinajstić information content (AvgIpc) is 2.79. The van der Waals surface area contributed by atoms with Crippen LogP contribution in [0.2, 0.25) is 5.02 Å². The molecule has 2 amide bonds. The molecule has 0 N–H and O–H groups in total. The summed E-state index contributed by atoms with van der Waals surface area (Å²) in [4.78, 5) is 29.6. The first-order chi connectivity index (χ1) is 14.1. The zero-order valence-electron chi connectivity index (χ0n) is 16.6. The van der Waals surface area contributed by atoms with Crippen LogP contribution in [0, 0.1) is 5.92 Å². The van der Waals surface area contributed by atoms with Crippen molar-refractivity contribution in [3.63, 3.8) is 0 Å². The Kier molecular flexibility index (Phi) is 6.19. The number of hydrogen-bond donors (Lipinski definition) is 0. The van der Waals surface area contributed by atoms with Gasteiger partial charge in [-0.25, -0.2) is 0 Å². The van der Waals surface area contributed by atoms with Crippen LogP contribution < -0.4 is 0 Å². The third-order valence-corrected chi connectivity index (χ3v) is 6.64. The van der Waals surface area contributed by atoms with E-state index in [0.717, 1.165) is 38.8 Å². The third kappa shape index (κ3) is 4.48. The molecule has 2 aliphatic heterocycles. The molecule has 2 fully saturated rings. The van der Waals surface area contributed by atoms with Crippen molar-refractivity contribution >= 4 is 23.4 Å². The molecule has 0 radical (unpaired) electrons. The molecule has 0 aliphatic carbocycles. The highest BCUT2D eigenvalue weighted by Gasteiger charge is 2.32. The molecule has 2 aliphatic rings. The van der Waals surface area contributed by atoms with Crippen LogP contribution in [0.1, 0.15) is 47.5 Å². The molecule has 4 rings (SSSR count).